The SMILES string of the molecule is Cc1cc(Cl)nc(Cl)c1NC(=O)C1(C)CCNC1. The fourth-order valence-corrected chi connectivity index (χ4v) is 2.60. The molecule has 2 heterocycles. The topological polar surface area (TPSA) is 54.0 Å². The van der Waals surface area contributed by atoms with E-state index in [1.54, 1.807) is 6.07 Å². The number of carbonyl (C=O) groups excluding carboxylic acids is 1. The molecule has 0 spiro atoms. The van der Waals surface area contributed by atoms with Gasteiger partial charge in [0.15, 0.2) is 5.15 Å². The Morgan fingerprint density at radius 2 is 2.28 bits per heavy atom. The van der Waals surface area contributed by atoms with Crippen LogP contribution in [0.4, 0.5) is 5.69 Å². The number of nitrogens with one attached hydrogen (secondary N) is 2. The maximum atomic E-state index is 12.3. The van der Waals surface area contributed by atoms with E-state index in [1.807, 2.05) is 13.8 Å². The van der Waals surface area contributed by atoms with Crippen LogP contribution in [0.1, 0.15) is 18.9 Å². The van der Waals surface area contributed by atoms with Gasteiger partial charge in [-0.1, -0.05) is 23.2 Å². The van der Waals surface area contributed by atoms with Crippen LogP contribution in [-0.4, -0.2) is 24.0 Å². The number of rotatable bonds is 2. The molecule has 1 saturated heterocycles. The third-order valence-electron chi connectivity index (χ3n) is 3.30. The van der Waals surface area contributed by atoms with E-state index in [0.717, 1.165) is 18.5 Å². The van der Waals surface area contributed by atoms with Crippen LogP contribution in [0, 0.1) is 12.3 Å². The smallest absolute Gasteiger partial charge is 0.231 e. The summed E-state index contributed by atoms with van der Waals surface area (Å²) in [5.74, 6) is -0.0402. The molecule has 1 amide bonds. The Labute approximate surface area is 116 Å². The number of aromatic nitrogens is 1. The largest absolute Gasteiger partial charge is 0.323 e. The molecule has 0 bridgehead atoms. The van der Waals surface area contributed by atoms with Gasteiger partial charge in [0.1, 0.15) is 5.15 Å². The van der Waals surface area contributed by atoms with E-state index in [-0.39, 0.29) is 11.1 Å². The number of hydrogen-bond donors (Lipinski definition) is 2. The quantitative estimate of drug-likeness (QED) is 0.823. The van der Waals surface area contributed by atoms with E-state index in [0.29, 0.717) is 17.4 Å². The second kappa shape index (κ2) is 5.03. The average Bonchev–Trinajstić information content (AvgIpc) is 2.71. The van der Waals surface area contributed by atoms with E-state index in [9.17, 15) is 4.79 Å². The van der Waals surface area contributed by atoms with E-state index in [1.165, 1.54) is 0 Å². The minimum atomic E-state index is -0.393. The number of hydrogen-bond acceptors (Lipinski definition) is 3. The molecule has 1 atom stereocenters. The summed E-state index contributed by atoms with van der Waals surface area (Å²) in [5, 5.41) is 6.59. The first-order valence-corrected chi connectivity index (χ1v) is 6.53. The molecule has 0 aliphatic carbocycles. The van der Waals surface area contributed by atoms with Crippen LogP contribution in [0.2, 0.25) is 10.3 Å². The van der Waals surface area contributed by atoms with Gasteiger partial charge in [-0.2, -0.15) is 0 Å². The van der Waals surface area contributed by atoms with Crippen LogP contribution in [-0.2, 0) is 4.79 Å². The first-order chi connectivity index (χ1) is 8.42. The van der Waals surface area contributed by atoms with Gasteiger partial charge in [-0.3, -0.25) is 4.79 Å². The molecule has 1 unspecified atom stereocenters. The molecule has 6 heteroatoms. The first kappa shape index (κ1) is 13.6. The lowest BCUT2D eigenvalue weighted by Gasteiger charge is -2.22. The van der Waals surface area contributed by atoms with Crippen molar-refractivity contribution in [1.82, 2.24) is 10.3 Å². The Morgan fingerprint density at radius 1 is 1.56 bits per heavy atom. The Hall–Kier alpha value is -0.840. The van der Waals surface area contributed by atoms with Gasteiger partial charge in [0.2, 0.25) is 5.91 Å². The molecular formula is C12H15Cl2N3O. The number of nitrogens with zero attached hydrogens (tertiary/aromatic N) is 1. The summed E-state index contributed by atoms with van der Waals surface area (Å²) in [7, 11) is 0. The Kier molecular flexibility index (Phi) is 3.80. The minimum Gasteiger partial charge on any atom is -0.323 e. The fraction of sp³-hybridized carbons (Fsp3) is 0.500. The van der Waals surface area contributed by atoms with Gasteiger partial charge < -0.3 is 10.6 Å². The van der Waals surface area contributed by atoms with Crippen molar-refractivity contribution in [2.45, 2.75) is 20.3 Å². The lowest BCUT2D eigenvalue weighted by Crippen LogP contribution is -2.35. The molecule has 0 aromatic carbocycles. The highest BCUT2D eigenvalue weighted by molar-refractivity contribution is 6.34. The lowest BCUT2D eigenvalue weighted by molar-refractivity contribution is -0.123. The van der Waals surface area contributed by atoms with Crippen molar-refractivity contribution < 1.29 is 4.79 Å². The predicted molar refractivity (Wildman–Crippen MR) is 73.2 cm³/mol. The number of halogens is 2. The summed E-state index contributed by atoms with van der Waals surface area (Å²) >= 11 is 11.8. The van der Waals surface area contributed by atoms with Crippen LogP contribution < -0.4 is 10.6 Å². The van der Waals surface area contributed by atoms with E-state index in [4.69, 9.17) is 23.2 Å². The molecule has 0 saturated carbocycles. The number of carbonyl (C=O) groups is 1. The highest BCUT2D eigenvalue weighted by Gasteiger charge is 2.36. The molecule has 2 rings (SSSR count). The van der Waals surface area contributed by atoms with Crippen LogP contribution in [0.3, 0.4) is 0 Å². The van der Waals surface area contributed by atoms with E-state index >= 15 is 0 Å². The zero-order valence-electron chi connectivity index (χ0n) is 10.3. The fourth-order valence-electron chi connectivity index (χ4n) is 2.02. The third kappa shape index (κ3) is 2.60. The number of anilines is 1. The molecule has 1 aromatic heterocycles. The molecular weight excluding hydrogens is 273 g/mol. The summed E-state index contributed by atoms with van der Waals surface area (Å²) in [6.07, 6.45) is 0.816. The van der Waals surface area contributed by atoms with Crippen LogP contribution in [0.5, 0.6) is 0 Å². The molecule has 98 valence electrons. The molecule has 1 aliphatic rings. The number of pyridine rings is 1. The Balaban J connectivity index is 2.22. The maximum absolute atomic E-state index is 12.3. The van der Waals surface area contributed by atoms with Crippen molar-refractivity contribution in [3.63, 3.8) is 0 Å². The van der Waals surface area contributed by atoms with Gasteiger partial charge in [-0.25, -0.2) is 4.98 Å². The van der Waals surface area contributed by atoms with Crippen molar-refractivity contribution in [3.05, 3.63) is 21.9 Å². The Morgan fingerprint density at radius 3 is 2.83 bits per heavy atom. The van der Waals surface area contributed by atoms with Crippen LogP contribution in [0.15, 0.2) is 6.07 Å². The van der Waals surface area contributed by atoms with Gasteiger partial charge in [0.05, 0.1) is 11.1 Å². The standard InChI is InChI=1S/C12H15Cl2N3O/c1-7-5-8(13)16-10(14)9(7)17-11(18)12(2)3-4-15-6-12/h5,15H,3-4,6H2,1-2H3,(H,17,18). The molecule has 1 aromatic rings. The molecule has 1 fully saturated rings. The average molecular weight is 288 g/mol. The van der Waals surface area contributed by atoms with Crippen LogP contribution >= 0.6 is 23.2 Å². The first-order valence-electron chi connectivity index (χ1n) is 5.77. The van der Waals surface area contributed by atoms with E-state index < -0.39 is 5.41 Å². The van der Waals surface area contributed by atoms with Crippen molar-refractivity contribution in [1.29, 1.82) is 0 Å². The highest BCUT2D eigenvalue weighted by Crippen LogP contribution is 2.30. The maximum Gasteiger partial charge on any atom is 0.231 e. The Bertz CT molecular complexity index is 461. The lowest BCUT2D eigenvalue weighted by atomic mass is 9.88. The van der Waals surface area contributed by atoms with Crippen molar-refractivity contribution in [2.24, 2.45) is 5.41 Å². The van der Waals surface area contributed by atoms with Crippen molar-refractivity contribution in [3.8, 4) is 0 Å². The molecule has 18 heavy (non-hydrogen) atoms. The molecule has 2 N–H and O–H groups in total. The van der Waals surface area contributed by atoms with Gasteiger partial charge in [0.25, 0.3) is 0 Å². The molecule has 0 radical (unpaired) electrons. The third-order valence-corrected chi connectivity index (χ3v) is 3.76. The van der Waals surface area contributed by atoms with Gasteiger partial charge in [-0.05, 0) is 38.4 Å². The number of amides is 1. The normalized spacial score (nSPS) is 23.1. The summed E-state index contributed by atoms with van der Waals surface area (Å²) in [4.78, 5) is 16.2. The van der Waals surface area contributed by atoms with Gasteiger partial charge in [0, 0.05) is 6.54 Å². The number of aryl methyl sites for hydroxylation is 1. The summed E-state index contributed by atoms with van der Waals surface area (Å²) in [6, 6.07) is 1.68. The van der Waals surface area contributed by atoms with Crippen molar-refractivity contribution >= 4 is 34.8 Å². The summed E-state index contributed by atoms with van der Waals surface area (Å²) in [5.41, 5.74) is 0.956. The van der Waals surface area contributed by atoms with Crippen molar-refractivity contribution in [2.75, 3.05) is 18.4 Å². The van der Waals surface area contributed by atoms with Gasteiger partial charge in [-0.15, -0.1) is 0 Å². The highest BCUT2D eigenvalue weighted by atomic mass is 35.5. The summed E-state index contributed by atoms with van der Waals surface area (Å²) < 4.78 is 0. The zero-order chi connectivity index (χ0) is 13.3. The minimum absolute atomic E-state index is 0.0402. The molecule has 4 nitrogen and oxygen atoms in total. The van der Waals surface area contributed by atoms with Gasteiger partial charge >= 0.3 is 0 Å². The second-order valence-corrected chi connectivity index (χ2v) is 5.61. The predicted octanol–water partition coefficient (Wildman–Crippen LogP) is 2.63. The second-order valence-electron chi connectivity index (χ2n) is 4.87. The monoisotopic (exact) mass is 287 g/mol. The summed E-state index contributed by atoms with van der Waals surface area (Å²) in [6.45, 7) is 5.31. The molecule has 1 aliphatic heterocycles. The van der Waals surface area contributed by atoms with E-state index in [2.05, 4.69) is 15.6 Å². The van der Waals surface area contributed by atoms with Crippen LogP contribution in [0.25, 0.3) is 0 Å². The zero-order valence-corrected chi connectivity index (χ0v) is 11.8.